The SMILES string of the molecule is CCC(=O)N1c2nc(-c3ccc(Cl)cc3)nn2C2(CCCCC2)C2CCCCC21. The first kappa shape index (κ1) is 19.1. The molecule has 1 aromatic heterocycles. The summed E-state index contributed by atoms with van der Waals surface area (Å²) in [5, 5.41) is 5.76. The first-order valence-corrected chi connectivity index (χ1v) is 11.6. The van der Waals surface area contributed by atoms with E-state index in [1.165, 1.54) is 38.5 Å². The van der Waals surface area contributed by atoms with Crippen LogP contribution >= 0.6 is 11.6 Å². The third kappa shape index (κ3) is 3.00. The van der Waals surface area contributed by atoms with Gasteiger partial charge in [-0.25, -0.2) is 4.68 Å². The van der Waals surface area contributed by atoms with Gasteiger partial charge >= 0.3 is 0 Å². The van der Waals surface area contributed by atoms with Crippen molar-refractivity contribution in [2.24, 2.45) is 5.92 Å². The molecule has 1 spiro atoms. The number of nitrogens with zero attached hydrogens (tertiary/aromatic N) is 4. The van der Waals surface area contributed by atoms with Crippen LogP contribution in [0.1, 0.15) is 71.1 Å². The fourth-order valence-corrected chi connectivity index (χ4v) is 6.17. The molecule has 0 radical (unpaired) electrons. The lowest BCUT2D eigenvalue weighted by molar-refractivity contribution is -0.120. The van der Waals surface area contributed by atoms with Gasteiger partial charge in [-0.15, -0.1) is 5.10 Å². The topological polar surface area (TPSA) is 51.0 Å². The van der Waals surface area contributed by atoms with Gasteiger partial charge in [0.1, 0.15) is 0 Å². The number of halogens is 1. The molecule has 5 rings (SSSR count). The fourth-order valence-electron chi connectivity index (χ4n) is 6.05. The van der Waals surface area contributed by atoms with Crippen LogP contribution in [-0.2, 0) is 10.3 Å². The van der Waals surface area contributed by atoms with Gasteiger partial charge < -0.3 is 0 Å². The second-order valence-electron chi connectivity index (χ2n) is 8.89. The van der Waals surface area contributed by atoms with E-state index in [9.17, 15) is 4.79 Å². The minimum absolute atomic E-state index is 0.0147. The Morgan fingerprint density at radius 1 is 1.10 bits per heavy atom. The lowest BCUT2D eigenvalue weighted by atomic mass is 9.64. The van der Waals surface area contributed by atoms with Gasteiger partial charge in [0.2, 0.25) is 11.9 Å². The molecule has 1 aliphatic heterocycles. The van der Waals surface area contributed by atoms with E-state index in [1.807, 2.05) is 36.1 Å². The maximum Gasteiger partial charge on any atom is 0.231 e. The molecule has 2 atom stereocenters. The molecule has 2 aliphatic carbocycles. The van der Waals surface area contributed by atoms with E-state index in [1.54, 1.807) is 0 Å². The highest BCUT2D eigenvalue weighted by Gasteiger charge is 2.54. The molecule has 6 heteroatoms. The predicted octanol–water partition coefficient (Wildman–Crippen LogP) is 5.57. The first-order chi connectivity index (χ1) is 14.1. The van der Waals surface area contributed by atoms with Crippen LogP contribution in [0, 0.1) is 5.92 Å². The number of anilines is 1. The number of carbonyl (C=O) groups is 1. The summed E-state index contributed by atoms with van der Waals surface area (Å²) in [6.45, 7) is 1.95. The van der Waals surface area contributed by atoms with Gasteiger partial charge in [0.05, 0.1) is 5.54 Å². The predicted molar refractivity (Wildman–Crippen MR) is 115 cm³/mol. The van der Waals surface area contributed by atoms with Gasteiger partial charge in [0, 0.05) is 29.0 Å². The Balaban J connectivity index is 1.69. The van der Waals surface area contributed by atoms with Crippen LogP contribution in [0.25, 0.3) is 11.4 Å². The Bertz CT molecular complexity index is 900. The summed E-state index contributed by atoms with van der Waals surface area (Å²) < 4.78 is 2.18. The molecule has 0 N–H and O–H groups in total. The molecule has 2 unspecified atom stereocenters. The molecule has 154 valence electrons. The number of hydrogen-bond acceptors (Lipinski definition) is 3. The second kappa shape index (κ2) is 7.42. The molecule has 3 aliphatic rings. The van der Waals surface area contributed by atoms with Crippen molar-refractivity contribution in [3.63, 3.8) is 0 Å². The summed E-state index contributed by atoms with van der Waals surface area (Å²) in [6.07, 6.45) is 11.3. The Morgan fingerprint density at radius 2 is 1.83 bits per heavy atom. The molecule has 5 nitrogen and oxygen atoms in total. The number of fused-ring (bicyclic) bond motifs is 4. The Morgan fingerprint density at radius 3 is 2.55 bits per heavy atom. The van der Waals surface area contributed by atoms with E-state index < -0.39 is 0 Å². The van der Waals surface area contributed by atoms with Gasteiger partial charge in [0.15, 0.2) is 5.82 Å². The Kier molecular flexibility index (Phi) is 4.89. The van der Waals surface area contributed by atoms with Gasteiger partial charge in [0.25, 0.3) is 0 Å². The number of benzene rings is 1. The highest BCUT2D eigenvalue weighted by molar-refractivity contribution is 6.30. The summed E-state index contributed by atoms with van der Waals surface area (Å²) in [5.41, 5.74) is 0.968. The van der Waals surface area contributed by atoms with E-state index in [0.29, 0.717) is 23.2 Å². The van der Waals surface area contributed by atoms with Crippen LogP contribution in [-0.4, -0.2) is 26.7 Å². The first-order valence-electron chi connectivity index (χ1n) is 11.2. The van der Waals surface area contributed by atoms with Gasteiger partial charge in [-0.2, -0.15) is 4.98 Å². The van der Waals surface area contributed by atoms with E-state index >= 15 is 0 Å². The number of hydrogen-bond donors (Lipinski definition) is 0. The summed E-state index contributed by atoms with van der Waals surface area (Å²) in [4.78, 5) is 20.0. The molecular weight excluding hydrogens is 384 g/mol. The van der Waals surface area contributed by atoms with E-state index in [0.717, 1.165) is 30.8 Å². The fraction of sp³-hybridized carbons (Fsp3) is 0.609. The van der Waals surface area contributed by atoms with Crippen LogP contribution in [0.4, 0.5) is 5.95 Å². The Hall–Kier alpha value is -1.88. The van der Waals surface area contributed by atoms with Crippen LogP contribution in [0.5, 0.6) is 0 Å². The zero-order chi connectivity index (χ0) is 20.0. The largest absolute Gasteiger partial charge is 0.277 e. The van der Waals surface area contributed by atoms with Crippen molar-refractivity contribution in [2.45, 2.75) is 82.7 Å². The van der Waals surface area contributed by atoms with Crippen molar-refractivity contribution in [3.8, 4) is 11.4 Å². The molecule has 0 bridgehead atoms. The van der Waals surface area contributed by atoms with E-state index in [2.05, 4.69) is 4.68 Å². The lowest BCUT2D eigenvalue weighted by Crippen LogP contribution is -2.61. The number of carbonyl (C=O) groups excluding carboxylic acids is 1. The molecular formula is C23H29ClN4O. The molecule has 2 saturated carbocycles. The maximum atomic E-state index is 13.1. The van der Waals surface area contributed by atoms with Crippen LogP contribution in [0.15, 0.2) is 24.3 Å². The van der Waals surface area contributed by atoms with Crippen molar-refractivity contribution < 1.29 is 4.79 Å². The van der Waals surface area contributed by atoms with Crippen molar-refractivity contribution >= 4 is 23.5 Å². The average Bonchev–Trinajstić information content (AvgIpc) is 3.21. The zero-order valence-electron chi connectivity index (χ0n) is 17.1. The van der Waals surface area contributed by atoms with E-state index in [4.69, 9.17) is 21.7 Å². The van der Waals surface area contributed by atoms with Gasteiger partial charge in [-0.05, 0) is 49.9 Å². The molecule has 2 fully saturated rings. The molecule has 1 amide bonds. The highest BCUT2D eigenvalue weighted by atomic mass is 35.5. The summed E-state index contributed by atoms with van der Waals surface area (Å²) in [7, 11) is 0. The van der Waals surface area contributed by atoms with Crippen LogP contribution in [0.3, 0.4) is 0 Å². The zero-order valence-corrected chi connectivity index (χ0v) is 17.9. The lowest BCUT2D eigenvalue weighted by Gasteiger charge is -2.55. The molecule has 1 aromatic carbocycles. The van der Waals surface area contributed by atoms with Crippen molar-refractivity contribution in [2.75, 3.05) is 4.90 Å². The number of amides is 1. The van der Waals surface area contributed by atoms with E-state index in [-0.39, 0.29) is 17.5 Å². The molecule has 2 heterocycles. The third-order valence-corrected chi connectivity index (χ3v) is 7.62. The minimum Gasteiger partial charge on any atom is -0.277 e. The normalized spacial score (nSPS) is 25.5. The van der Waals surface area contributed by atoms with Gasteiger partial charge in [-0.3, -0.25) is 9.69 Å². The van der Waals surface area contributed by atoms with Gasteiger partial charge in [-0.1, -0.05) is 50.6 Å². The van der Waals surface area contributed by atoms with Crippen molar-refractivity contribution in [3.05, 3.63) is 29.3 Å². The summed E-state index contributed by atoms with van der Waals surface area (Å²) >= 11 is 6.08. The monoisotopic (exact) mass is 412 g/mol. The van der Waals surface area contributed by atoms with Crippen molar-refractivity contribution in [1.29, 1.82) is 0 Å². The molecule has 0 saturated heterocycles. The molecule has 29 heavy (non-hydrogen) atoms. The van der Waals surface area contributed by atoms with Crippen LogP contribution < -0.4 is 4.90 Å². The quantitative estimate of drug-likeness (QED) is 0.647. The standard InChI is InChI=1S/C23H29ClN4O/c1-2-20(29)27-19-9-5-4-8-18(19)23(14-6-3-7-15-23)28-22(27)25-21(26-28)16-10-12-17(24)13-11-16/h10-13,18-19H,2-9,14-15H2,1H3. The summed E-state index contributed by atoms with van der Waals surface area (Å²) in [5.74, 6) is 2.13. The third-order valence-electron chi connectivity index (χ3n) is 7.37. The Labute approximate surface area is 177 Å². The molecule has 2 aromatic rings. The van der Waals surface area contributed by atoms with Crippen LogP contribution in [0.2, 0.25) is 5.02 Å². The number of rotatable bonds is 2. The smallest absolute Gasteiger partial charge is 0.231 e. The minimum atomic E-state index is 0.0147. The maximum absolute atomic E-state index is 13.1. The second-order valence-corrected chi connectivity index (χ2v) is 9.33. The summed E-state index contributed by atoms with van der Waals surface area (Å²) in [6, 6.07) is 7.96. The number of aromatic nitrogens is 3. The highest BCUT2D eigenvalue weighted by Crippen LogP contribution is 2.53. The average molecular weight is 413 g/mol. The van der Waals surface area contributed by atoms with Crippen molar-refractivity contribution in [1.82, 2.24) is 14.8 Å².